The smallest absolute Gasteiger partial charge is 0.325 e. The monoisotopic (exact) mass is 308 g/mol. The average molecular weight is 308 g/mol. The second kappa shape index (κ2) is 5.87. The number of piperidine rings is 1. The van der Waals surface area contributed by atoms with E-state index < -0.39 is 11.6 Å². The van der Waals surface area contributed by atoms with Crippen molar-refractivity contribution in [1.29, 1.82) is 0 Å². The highest BCUT2D eigenvalue weighted by Gasteiger charge is 2.56. The van der Waals surface area contributed by atoms with Gasteiger partial charge in [0.25, 0.3) is 5.91 Å². The number of nitrogens with zero attached hydrogens (tertiary/aromatic N) is 1. The molecule has 0 aromatic carbocycles. The Labute approximate surface area is 130 Å². The molecule has 2 heterocycles. The summed E-state index contributed by atoms with van der Waals surface area (Å²) in [6.45, 7) is 4.11. The number of carbonyl (C=O) groups is 3. The highest BCUT2D eigenvalue weighted by Crippen LogP contribution is 2.42. The number of rotatable bonds is 5. The SMILES string of the molecule is CC1(C2CC2)NC(=O)N(CC(=O)NCC2CCCNC2)C1=O. The molecule has 0 radical (unpaired) electrons. The predicted octanol–water partition coefficient (Wildman–Crippen LogP) is -0.177. The number of hydrogen-bond acceptors (Lipinski definition) is 4. The van der Waals surface area contributed by atoms with Crippen molar-refractivity contribution in [3.63, 3.8) is 0 Å². The Morgan fingerprint density at radius 1 is 1.36 bits per heavy atom. The van der Waals surface area contributed by atoms with Gasteiger partial charge in [0.15, 0.2) is 0 Å². The topological polar surface area (TPSA) is 90.5 Å². The van der Waals surface area contributed by atoms with Gasteiger partial charge in [-0.15, -0.1) is 0 Å². The Hall–Kier alpha value is -1.63. The summed E-state index contributed by atoms with van der Waals surface area (Å²) in [5, 5.41) is 8.89. The number of carbonyl (C=O) groups excluding carboxylic acids is 3. The molecule has 3 N–H and O–H groups in total. The van der Waals surface area contributed by atoms with Gasteiger partial charge in [0.05, 0.1) is 0 Å². The van der Waals surface area contributed by atoms with Crippen molar-refractivity contribution in [2.24, 2.45) is 11.8 Å². The molecule has 0 aromatic rings. The summed E-state index contributed by atoms with van der Waals surface area (Å²) in [6, 6.07) is -0.450. The summed E-state index contributed by atoms with van der Waals surface area (Å²) in [5.74, 6) is 0.103. The van der Waals surface area contributed by atoms with Crippen LogP contribution in [0.2, 0.25) is 0 Å². The normalized spacial score (nSPS) is 32.0. The van der Waals surface area contributed by atoms with Crippen LogP contribution in [0.15, 0.2) is 0 Å². The lowest BCUT2D eigenvalue weighted by Gasteiger charge is -2.23. The van der Waals surface area contributed by atoms with Crippen LogP contribution in [0.5, 0.6) is 0 Å². The summed E-state index contributed by atoms with van der Waals surface area (Å²) >= 11 is 0. The van der Waals surface area contributed by atoms with E-state index in [0.717, 1.165) is 43.7 Å². The maximum Gasteiger partial charge on any atom is 0.325 e. The van der Waals surface area contributed by atoms with Crippen molar-refractivity contribution in [2.45, 2.75) is 38.1 Å². The molecule has 122 valence electrons. The van der Waals surface area contributed by atoms with Gasteiger partial charge in [-0.1, -0.05) is 0 Å². The van der Waals surface area contributed by atoms with Gasteiger partial charge < -0.3 is 16.0 Å². The van der Waals surface area contributed by atoms with E-state index in [1.54, 1.807) is 6.92 Å². The summed E-state index contributed by atoms with van der Waals surface area (Å²) < 4.78 is 0. The Morgan fingerprint density at radius 2 is 2.14 bits per heavy atom. The molecular weight excluding hydrogens is 284 g/mol. The zero-order chi connectivity index (χ0) is 15.7. The fourth-order valence-electron chi connectivity index (χ4n) is 3.35. The minimum absolute atomic E-state index is 0.187. The summed E-state index contributed by atoms with van der Waals surface area (Å²) in [4.78, 5) is 37.5. The van der Waals surface area contributed by atoms with Crippen LogP contribution >= 0.6 is 0 Å². The summed E-state index contributed by atoms with van der Waals surface area (Å²) in [5.41, 5.74) is -0.815. The van der Waals surface area contributed by atoms with Crippen molar-refractivity contribution in [3.8, 4) is 0 Å². The maximum atomic E-state index is 12.4. The first-order valence-corrected chi connectivity index (χ1v) is 8.12. The number of urea groups is 1. The van der Waals surface area contributed by atoms with Crippen molar-refractivity contribution in [2.75, 3.05) is 26.2 Å². The van der Waals surface area contributed by atoms with Crippen LogP contribution in [0, 0.1) is 11.8 Å². The fourth-order valence-corrected chi connectivity index (χ4v) is 3.35. The lowest BCUT2D eigenvalue weighted by atomic mass is 9.96. The summed E-state index contributed by atoms with van der Waals surface area (Å²) in [6.07, 6.45) is 4.12. The first-order valence-electron chi connectivity index (χ1n) is 8.12. The fraction of sp³-hybridized carbons (Fsp3) is 0.800. The average Bonchev–Trinajstić information content (AvgIpc) is 3.33. The molecule has 2 aliphatic heterocycles. The number of amides is 4. The van der Waals surface area contributed by atoms with Gasteiger partial charge in [0.2, 0.25) is 5.91 Å². The van der Waals surface area contributed by atoms with E-state index in [4.69, 9.17) is 0 Å². The van der Waals surface area contributed by atoms with Gasteiger partial charge in [0.1, 0.15) is 12.1 Å². The molecule has 1 aliphatic carbocycles. The second-order valence-corrected chi connectivity index (χ2v) is 6.81. The van der Waals surface area contributed by atoms with E-state index >= 15 is 0 Å². The van der Waals surface area contributed by atoms with E-state index in [0.29, 0.717) is 12.5 Å². The van der Waals surface area contributed by atoms with Crippen LogP contribution in [0.4, 0.5) is 4.79 Å². The lowest BCUT2D eigenvalue weighted by Crippen LogP contribution is -2.47. The molecule has 0 aromatic heterocycles. The second-order valence-electron chi connectivity index (χ2n) is 6.81. The molecule has 1 saturated carbocycles. The minimum atomic E-state index is -0.815. The number of nitrogens with one attached hydrogen (secondary N) is 3. The Kier molecular flexibility index (Phi) is 4.08. The molecule has 2 unspecified atom stereocenters. The third-order valence-corrected chi connectivity index (χ3v) is 4.98. The Balaban J connectivity index is 1.50. The third kappa shape index (κ3) is 2.95. The van der Waals surface area contributed by atoms with Crippen LogP contribution in [-0.4, -0.2) is 54.5 Å². The van der Waals surface area contributed by atoms with Gasteiger partial charge in [0, 0.05) is 6.54 Å². The minimum Gasteiger partial charge on any atom is -0.354 e. The van der Waals surface area contributed by atoms with Crippen LogP contribution in [0.3, 0.4) is 0 Å². The van der Waals surface area contributed by atoms with Crippen LogP contribution in [-0.2, 0) is 9.59 Å². The Morgan fingerprint density at radius 3 is 2.77 bits per heavy atom. The molecule has 0 spiro atoms. The van der Waals surface area contributed by atoms with Crippen molar-refractivity contribution in [1.82, 2.24) is 20.9 Å². The van der Waals surface area contributed by atoms with Crippen molar-refractivity contribution < 1.29 is 14.4 Å². The molecule has 7 nitrogen and oxygen atoms in total. The quantitative estimate of drug-likeness (QED) is 0.615. The number of imide groups is 1. The molecule has 3 aliphatic rings. The van der Waals surface area contributed by atoms with Crippen molar-refractivity contribution in [3.05, 3.63) is 0 Å². The first kappa shape index (κ1) is 15.3. The molecule has 22 heavy (non-hydrogen) atoms. The highest BCUT2D eigenvalue weighted by molar-refractivity contribution is 6.09. The van der Waals surface area contributed by atoms with Crippen molar-refractivity contribution >= 4 is 17.8 Å². The first-order chi connectivity index (χ1) is 10.5. The zero-order valence-electron chi connectivity index (χ0n) is 13.0. The molecule has 4 amide bonds. The van der Waals surface area contributed by atoms with Crippen LogP contribution < -0.4 is 16.0 Å². The number of hydrogen-bond donors (Lipinski definition) is 3. The lowest BCUT2D eigenvalue weighted by molar-refractivity contribution is -0.135. The maximum absolute atomic E-state index is 12.4. The van der Waals surface area contributed by atoms with Gasteiger partial charge >= 0.3 is 6.03 Å². The molecule has 3 rings (SSSR count). The zero-order valence-corrected chi connectivity index (χ0v) is 13.0. The largest absolute Gasteiger partial charge is 0.354 e. The molecule has 7 heteroatoms. The van der Waals surface area contributed by atoms with E-state index in [9.17, 15) is 14.4 Å². The Bertz CT molecular complexity index is 485. The van der Waals surface area contributed by atoms with Gasteiger partial charge in [-0.25, -0.2) is 4.79 Å². The van der Waals surface area contributed by atoms with E-state index in [-0.39, 0.29) is 24.3 Å². The molecular formula is C15H24N4O3. The standard InChI is InChI=1S/C15H24N4O3/c1-15(11-4-5-11)13(21)19(14(22)18-15)9-12(20)17-8-10-3-2-6-16-7-10/h10-11,16H,2-9H2,1H3,(H,17,20)(H,18,22). The van der Waals surface area contributed by atoms with Crippen LogP contribution in [0.25, 0.3) is 0 Å². The molecule has 3 fully saturated rings. The van der Waals surface area contributed by atoms with Gasteiger partial charge in [-0.2, -0.15) is 0 Å². The van der Waals surface area contributed by atoms with Gasteiger partial charge in [-0.3, -0.25) is 14.5 Å². The van der Waals surface area contributed by atoms with E-state index in [1.165, 1.54) is 0 Å². The van der Waals surface area contributed by atoms with Crippen LogP contribution in [0.1, 0.15) is 32.6 Å². The van der Waals surface area contributed by atoms with E-state index in [2.05, 4.69) is 16.0 Å². The molecule has 2 atom stereocenters. The van der Waals surface area contributed by atoms with Gasteiger partial charge in [-0.05, 0) is 57.5 Å². The highest BCUT2D eigenvalue weighted by atomic mass is 16.2. The molecule has 0 bridgehead atoms. The summed E-state index contributed by atoms with van der Waals surface area (Å²) in [7, 11) is 0. The molecule has 2 saturated heterocycles. The van der Waals surface area contributed by atoms with E-state index in [1.807, 2.05) is 0 Å². The predicted molar refractivity (Wildman–Crippen MR) is 80.0 cm³/mol. The third-order valence-electron chi connectivity index (χ3n) is 4.98.